The first-order chi connectivity index (χ1) is 8.66. The predicted molar refractivity (Wildman–Crippen MR) is 68.4 cm³/mol. The highest BCUT2D eigenvalue weighted by Crippen LogP contribution is 2.50. The Balaban J connectivity index is 1.92. The molecular weight excluding hydrogens is 228 g/mol. The summed E-state index contributed by atoms with van der Waals surface area (Å²) in [5.74, 6) is -0.0341. The average Bonchev–Trinajstić information content (AvgIpc) is 2.38. The summed E-state index contributed by atoms with van der Waals surface area (Å²) in [6, 6.07) is 8.07. The Hall–Kier alpha value is -1.06. The molecule has 0 aromatic heterocycles. The van der Waals surface area contributed by atoms with Gasteiger partial charge in [0.1, 0.15) is 5.75 Å². The normalized spacial score (nSPS) is 35.2. The Labute approximate surface area is 108 Å². The molecule has 0 unspecified atom stereocenters. The molecule has 2 fully saturated rings. The van der Waals surface area contributed by atoms with E-state index in [1.165, 1.54) is 5.56 Å². The fraction of sp³-hybridized carbons (Fsp3) is 0.600. The molecule has 3 rings (SSSR count). The van der Waals surface area contributed by atoms with Crippen LogP contribution in [0.5, 0.6) is 5.75 Å². The number of fused-ring (bicyclic) bond motifs is 2. The number of methoxy groups -OCH3 is 1. The lowest BCUT2D eigenvalue weighted by molar-refractivity contribution is -0.320. The van der Waals surface area contributed by atoms with Crippen LogP contribution in [0.1, 0.15) is 44.1 Å². The summed E-state index contributed by atoms with van der Waals surface area (Å²) in [5.41, 5.74) is 0.887. The molecule has 1 N–H and O–H groups in total. The third-order valence-corrected chi connectivity index (χ3v) is 4.30. The lowest BCUT2D eigenvalue weighted by Crippen LogP contribution is -2.50. The molecule has 18 heavy (non-hydrogen) atoms. The molecule has 0 spiro atoms. The Morgan fingerprint density at radius 1 is 1.06 bits per heavy atom. The molecule has 1 aromatic carbocycles. The maximum absolute atomic E-state index is 10.4. The number of hydrogen-bond acceptors (Lipinski definition) is 3. The zero-order valence-electron chi connectivity index (χ0n) is 10.8. The van der Waals surface area contributed by atoms with Gasteiger partial charge >= 0.3 is 0 Å². The summed E-state index contributed by atoms with van der Waals surface area (Å²) in [6.45, 7) is 0. The first-order valence-corrected chi connectivity index (χ1v) is 6.73. The van der Waals surface area contributed by atoms with Crippen LogP contribution in [0.15, 0.2) is 24.3 Å². The Morgan fingerprint density at radius 3 is 2.22 bits per heavy atom. The first kappa shape index (κ1) is 12.0. The topological polar surface area (TPSA) is 38.7 Å². The number of rotatable bonds is 2. The van der Waals surface area contributed by atoms with Crippen LogP contribution in [0.3, 0.4) is 0 Å². The second-order valence-electron chi connectivity index (χ2n) is 5.48. The van der Waals surface area contributed by atoms with Crippen molar-refractivity contribution in [1.29, 1.82) is 0 Å². The standard InChI is InChI=1S/C15H20O3/c1-17-13-6-4-12(5-7-13)14-8-2-10-15(16,18-14)11-3-9-14/h4-7,16H,2-3,8-11H2,1H3. The molecule has 3 nitrogen and oxygen atoms in total. The number of benzene rings is 1. The van der Waals surface area contributed by atoms with E-state index in [1.807, 2.05) is 12.1 Å². The van der Waals surface area contributed by atoms with Crippen LogP contribution in [0, 0.1) is 0 Å². The summed E-state index contributed by atoms with van der Waals surface area (Å²) in [4.78, 5) is 0. The van der Waals surface area contributed by atoms with Gasteiger partial charge in [-0.05, 0) is 43.4 Å². The summed E-state index contributed by atoms with van der Waals surface area (Å²) in [7, 11) is 1.67. The molecule has 0 radical (unpaired) electrons. The molecule has 98 valence electrons. The highest BCUT2D eigenvalue weighted by Gasteiger charge is 2.48. The summed E-state index contributed by atoms with van der Waals surface area (Å²) >= 11 is 0. The lowest BCUT2D eigenvalue weighted by atomic mass is 9.76. The molecule has 2 bridgehead atoms. The minimum Gasteiger partial charge on any atom is -0.497 e. The summed E-state index contributed by atoms with van der Waals surface area (Å²) in [6.07, 6.45) is 5.60. The smallest absolute Gasteiger partial charge is 0.166 e. The van der Waals surface area contributed by atoms with Gasteiger partial charge in [-0.25, -0.2) is 0 Å². The van der Waals surface area contributed by atoms with Crippen molar-refractivity contribution in [2.75, 3.05) is 7.11 Å². The van der Waals surface area contributed by atoms with Crippen molar-refractivity contribution >= 4 is 0 Å². The van der Waals surface area contributed by atoms with Gasteiger partial charge in [0.25, 0.3) is 0 Å². The third kappa shape index (κ3) is 1.91. The van der Waals surface area contributed by atoms with Gasteiger partial charge in [0.05, 0.1) is 12.7 Å². The first-order valence-electron chi connectivity index (χ1n) is 6.73. The van der Waals surface area contributed by atoms with Gasteiger partial charge < -0.3 is 14.6 Å². The van der Waals surface area contributed by atoms with Crippen molar-refractivity contribution in [3.05, 3.63) is 29.8 Å². The zero-order chi connectivity index (χ0) is 12.6. The van der Waals surface area contributed by atoms with Gasteiger partial charge in [0.2, 0.25) is 0 Å². The van der Waals surface area contributed by atoms with Crippen LogP contribution in [0.2, 0.25) is 0 Å². The van der Waals surface area contributed by atoms with E-state index in [1.54, 1.807) is 7.11 Å². The van der Waals surface area contributed by atoms with Crippen molar-refractivity contribution < 1.29 is 14.6 Å². The van der Waals surface area contributed by atoms with Crippen LogP contribution in [0.4, 0.5) is 0 Å². The molecule has 0 aliphatic carbocycles. The molecule has 2 heterocycles. The van der Waals surface area contributed by atoms with Gasteiger partial charge in [-0.1, -0.05) is 12.1 Å². The van der Waals surface area contributed by atoms with Crippen molar-refractivity contribution in [2.24, 2.45) is 0 Å². The third-order valence-electron chi connectivity index (χ3n) is 4.30. The summed E-state index contributed by atoms with van der Waals surface area (Å²) in [5, 5.41) is 10.4. The fourth-order valence-corrected chi connectivity index (χ4v) is 3.36. The SMILES string of the molecule is COc1ccc(C23CCCC(O)(CCC2)O3)cc1. The van der Waals surface area contributed by atoms with Crippen molar-refractivity contribution in [1.82, 2.24) is 0 Å². The lowest BCUT2D eigenvalue weighted by Gasteiger charge is -2.50. The average molecular weight is 248 g/mol. The predicted octanol–water partition coefficient (Wildman–Crippen LogP) is 2.96. The van der Waals surface area contributed by atoms with Gasteiger partial charge in [-0.2, -0.15) is 0 Å². The van der Waals surface area contributed by atoms with Crippen LogP contribution < -0.4 is 4.74 Å². The molecule has 3 heteroatoms. The Kier molecular flexibility index (Phi) is 2.83. The zero-order valence-corrected chi connectivity index (χ0v) is 10.8. The van der Waals surface area contributed by atoms with E-state index in [0.29, 0.717) is 0 Å². The maximum atomic E-state index is 10.4. The van der Waals surface area contributed by atoms with Crippen molar-refractivity contribution in [3.63, 3.8) is 0 Å². The molecule has 2 aliphatic rings. The quantitative estimate of drug-likeness (QED) is 0.874. The maximum Gasteiger partial charge on any atom is 0.166 e. The second-order valence-corrected chi connectivity index (χ2v) is 5.48. The van der Waals surface area contributed by atoms with Gasteiger partial charge in [0, 0.05) is 12.8 Å². The molecule has 2 aliphatic heterocycles. The molecular formula is C15H20O3. The van der Waals surface area contributed by atoms with Gasteiger partial charge in [-0.15, -0.1) is 0 Å². The van der Waals surface area contributed by atoms with E-state index in [2.05, 4.69) is 12.1 Å². The van der Waals surface area contributed by atoms with E-state index in [-0.39, 0.29) is 5.60 Å². The number of ether oxygens (including phenoxy) is 2. The van der Waals surface area contributed by atoms with Crippen molar-refractivity contribution in [2.45, 2.75) is 49.9 Å². The monoisotopic (exact) mass is 248 g/mol. The van der Waals surface area contributed by atoms with Crippen molar-refractivity contribution in [3.8, 4) is 5.75 Å². The van der Waals surface area contributed by atoms with Gasteiger partial charge in [-0.3, -0.25) is 0 Å². The largest absolute Gasteiger partial charge is 0.497 e. The van der Waals surface area contributed by atoms with Crippen LogP contribution in [0.25, 0.3) is 0 Å². The van der Waals surface area contributed by atoms with Crippen LogP contribution >= 0.6 is 0 Å². The summed E-state index contributed by atoms with van der Waals surface area (Å²) < 4.78 is 11.3. The Bertz CT molecular complexity index is 414. The van der Waals surface area contributed by atoms with Gasteiger partial charge in [0.15, 0.2) is 5.79 Å². The fourth-order valence-electron chi connectivity index (χ4n) is 3.36. The minimum absolute atomic E-state index is 0.280. The van der Waals surface area contributed by atoms with E-state index in [9.17, 15) is 5.11 Å². The molecule has 0 amide bonds. The highest BCUT2D eigenvalue weighted by molar-refractivity contribution is 5.31. The molecule has 1 aromatic rings. The highest BCUT2D eigenvalue weighted by atomic mass is 16.6. The Morgan fingerprint density at radius 2 is 1.67 bits per heavy atom. The van der Waals surface area contributed by atoms with E-state index >= 15 is 0 Å². The number of hydrogen-bond donors (Lipinski definition) is 1. The van der Waals surface area contributed by atoms with E-state index < -0.39 is 5.79 Å². The second kappa shape index (κ2) is 4.25. The minimum atomic E-state index is -0.892. The van der Waals surface area contributed by atoms with Crippen LogP contribution in [-0.2, 0) is 10.3 Å². The molecule has 2 saturated heterocycles. The number of aliphatic hydroxyl groups is 1. The van der Waals surface area contributed by atoms with E-state index in [4.69, 9.17) is 9.47 Å². The van der Waals surface area contributed by atoms with Crippen LogP contribution in [-0.4, -0.2) is 18.0 Å². The molecule has 0 saturated carbocycles. The molecule has 0 atom stereocenters. The van der Waals surface area contributed by atoms with E-state index in [0.717, 1.165) is 44.3 Å².